The molecule has 1 aromatic heterocycles. The van der Waals surface area contributed by atoms with Crippen LogP contribution in [-0.4, -0.2) is 28.5 Å². The fourth-order valence-corrected chi connectivity index (χ4v) is 4.02. The number of carbonyl (C=O) groups excluding carboxylic acids is 2. The van der Waals surface area contributed by atoms with E-state index in [1.165, 1.54) is 35.1 Å². The summed E-state index contributed by atoms with van der Waals surface area (Å²) < 4.78 is 43.4. The number of furan rings is 1. The molecule has 1 aromatic carbocycles. The highest BCUT2D eigenvalue weighted by atomic mass is 32.2. The number of nitrogens with one attached hydrogen (secondary N) is 1. The van der Waals surface area contributed by atoms with Crippen molar-refractivity contribution in [2.45, 2.75) is 30.3 Å². The van der Waals surface area contributed by atoms with Crippen molar-refractivity contribution < 1.29 is 27.2 Å². The Morgan fingerprint density at radius 2 is 1.96 bits per heavy atom. The van der Waals surface area contributed by atoms with Gasteiger partial charge in [0.05, 0.1) is 23.6 Å². The van der Waals surface area contributed by atoms with Crippen LogP contribution in [0.25, 0.3) is 0 Å². The number of halogens is 3. The van der Waals surface area contributed by atoms with Gasteiger partial charge in [0.2, 0.25) is 11.8 Å². The molecule has 27 heavy (non-hydrogen) atoms. The largest absolute Gasteiger partial charge is 0.467 e. The standard InChI is InChI=1S/C18H17F3N2O3S/c1-11-16(25)23(10-15(24)22-9-14-3-2-8-26-14)17(27-11)12-4-6-13(7-5-12)18(19,20)21/h2-8,11,17H,9-10H2,1H3,(H,22,24)/t11-,17-/m0/s1. The summed E-state index contributed by atoms with van der Waals surface area (Å²) in [6, 6.07) is 8.07. The first-order valence-corrected chi connectivity index (χ1v) is 9.12. The lowest BCUT2D eigenvalue weighted by molar-refractivity contribution is -0.137. The smallest absolute Gasteiger partial charge is 0.416 e. The molecule has 0 spiro atoms. The third-order valence-electron chi connectivity index (χ3n) is 4.12. The van der Waals surface area contributed by atoms with Crippen LogP contribution in [0.1, 0.15) is 29.2 Å². The highest BCUT2D eigenvalue weighted by Crippen LogP contribution is 2.43. The van der Waals surface area contributed by atoms with Crippen LogP contribution in [0.4, 0.5) is 13.2 Å². The maximum Gasteiger partial charge on any atom is 0.416 e. The highest BCUT2D eigenvalue weighted by molar-refractivity contribution is 8.01. The minimum absolute atomic E-state index is 0.178. The lowest BCUT2D eigenvalue weighted by atomic mass is 10.1. The zero-order valence-corrected chi connectivity index (χ0v) is 15.1. The summed E-state index contributed by atoms with van der Waals surface area (Å²) >= 11 is 1.30. The van der Waals surface area contributed by atoms with Crippen molar-refractivity contribution >= 4 is 23.6 Å². The van der Waals surface area contributed by atoms with Crippen molar-refractivity contribution in [1.82, 2.24) is 10.2 Å². The van der Waals surface area contributed by atoms with E-state index in [1.807, 2.05) is 0 Å². The van der Waals surface area contributed by atoms with E-state index in [1.54, 1.807) is 19.1 Å². The summed E-state index contributed by atoms with van der Waals surface area (Å²) in [6.07, 6.45) is -2.93. The number of benzene rings is 1. The highest BCUT2D eigenvalue weighted by Gasteiger charge is 2.40. The SMILES string of the molecule is C[C@@H]1S[C@@H](c2ccc(C(F)(F)F)cc2)N(CC(=O)NCc2ccco2)C1=O. The van der Waals surface area contributed by atoms with Crippen LogP contribution < -0.4 is 5.32 Å². The molecule has 0 unspecified atom stereocenters. The number of amides is 2. The van der Waals surface area contributed by atoms with Gasteiger partial charge in [0, 0.05) is 0 Å². The quantitative estimate of drug-likeness (QED) is 0.836. The van der Waals surface area contributed by atoms with Gasteiger partial charge in [-0.15, -0.1) is 11.8 Å². The summed E-state index contributed by atoms with van der Waals surface area (Å²) in [5, 5.41) is 1.77. The van der Waals surface area contributed by atoms with E-state index in [0.717, 1.165) is 12.1 Å². The van der Waals surface area contributed by atoms with Crippen LogP contribution in [-0.2, 0) is 22.3 Å². The van der Waals surface area contributed by atoms with Crippen molar-refractivity contribution in [3.63, 3.8) is 0 Å². The molecule has 144 valence electrons. The van der Waals surface area contributed by atoms with Gasteiger partial charge in [0.1, 0.15) is 17.7 Å². The zero-order valence-electron chi connectivity index (χ0n) is 14.3. The second-order valence-corrected chi connectivity index (χ2v) is 7.50. The Hall–Kier alpha value is -2.42. The Labute approximate surface area is 157 Å². The molecule has 0 aliphatic carbocycles. The minimum Gasteiger partial charge on any atom is -0.467 e. The number of nitrogens with zero attached hydrogens (tertiary/aromatic N) is 1. The van der Waals surface area contributed by atoms with Crippen molar-refractivity contribution in [1.29, 1.82) is 0 Å². The lowest BCUT2D eigenvalue weighted by Gasteiger charge is -2.24. The van der Waals surface area contributed by atoms with Crippen LogP contribution in [0.3, 0.4) is 0 Å². The summed E-state index contributed by atoms with van der Waals surface area (Å²) in [7, 11) is 0. The maximum atomic E-state index is 12.7. The molecule has 3 rings (SSSR count). The predicted octanol–water partition coefficient (Wildman–Crippen LogP) is 3.58. The first kappa shape index (κ1) is 19.3. The molecule has 1 fully saturated rings. The summed E-state index contributed by atoms with van der Waals surface area (Å²) in [5.74, 6) is -0.0115. The summed E-state index contributed by atoms with van der Waals surface area (Å²) in [5.41, 5.74) is -0.208. The molecule has 5 nitrogen and oxygen atoms in total. The van der Waals surface area contributed by atoms with Crippen LogP contribution in [0.5, 0.6) is 0 Å². The van der Waals surface area contributed by atoms with Crippen LogP contribution in [0, 0.1) is 0 Å². The molecule has 2 heterocycles. The lowest BCUT2D eigenvalue weighted by Crippen LogP contribution is -2.40. The molecule has 9 heteroatoms. The number of carbonyl (C=O) groups is 2. The van der Waals surface area contributed by atoms with E-state index in [-0.39, 0.29) is 30.2 Å². The van der Waals surface area contributed by atoms with E-state index in [2.05, 4.69) is 5.32 Å². The van der Waals surface area contributed by atoms with E-state index in [4.69, 9.17) is 4.42 Å². The van der Waals surface area contributed by atoms with Crippen LogP contribution in [0.2, 0.25) is 0 Å². The third-order valence-corrected chi connectivity index (χ3v) is 5.52. The monoisotopic (exact) mass is 398 g/mol. The molecule has 1 saturated heterocycles. The van der Waals surface area contributed by atoms with Gasteiger partial charge in [0.25, 0.3) is 0 Å². The molecule has 2 aromatic rings. The Morgan fingerprint density at radius 1 is 1.26 bits per heavy atom. The topological polar surface area (TPSA) is 62.6 Å². The number of thioether (sulfide) groups is 1. The van der Waals surface area contributed by atoms with Gasteiger partial charge >= 0.3 is 6.18 Å². The minimum atomic E-state index is -4.42. The van der Waals surface area contributed by atoms with Crippen molar-refractivity contribution in [2.75, 3.05) is 6.54 Å². The van der Waals surface area contributed by atoms with Crippen LogP contribution in [0.15, 0.2) is 47.1 Å². The molecule has 0 bridgehead atoms. The third kappa shape index (κ3) is 4.47. The van der Waals surface area contributed by atoms with Gasteiger partial charge in [0.15, 0.2) is 0 Å². The predicted molar refractivity (Wildman–Crippen MR) is 93.5 cm³/mol. The van der Waals surface area contributed by atoms with Gasteiger partial charge in [-0.25, -0.2) is 0 Å². The number of hydrogen-bond acceptors (Lipinski definition) is 4. The average molecular weight is 398 g/mol. The Morgan fingerprint density at radius 3 is 2.56 bits per heavy atom. The molecule has 0 radical (unpaired) electrons. The first-order chi connectivity index (χ1) is 12.8. The molecule has 1 N–H and O–H groups in total. The van der Waals surface area contributed by atoms with Crippen molar-refractivity contribution in [3.8, 4) is 0 Å². The molecule has 2 amide bonds. The molecule has 1 aliphatic rings. The first-order valence-electron chi connectivity index (χ1n) is 8.18. The molecule has 2 atom stereocenters. The average Bonchev–Trinajstić information content (AvgIpc) is 3.23. The molecular formula is C18H17F3N2O3S. The van der Waals surface area contributed by atoms with Gasteiger partial charge < -0.3 is 14.6 Å². The van der Waals surface area contributed by atoms with Crippen molar-refractivity contribution in [2.24, 2.45) is 0 Å². The van der Waals surface area contributed by atoms with Gasteiger partial charge in [-0.2, -0.15) is 13.2 Å². The Kier molecular flexibility index (Phi) is 5.50. The maximum absolute atomic E-state index is 12.7. The van der Waals surface area contributed by atoms with E-state index >= 15 is 0 Å². The number of hydrogen-bond donors (Lipinski definition) is 1. The Balaban J connectivity index is 1.70. The Bertz CT molecular complexity index is 806. The molecule has 0 saturated carbocycles. The van der Waals surface area contributed by atoms with Crippen LogP contribution >= 0.6 is 11.8 Å². The molecular weight excluding hydrogens is 381 g/mol. The van der Waals surface area contributed by atoms with E-state index in [9.17, 15) is 22.8 Å². The van der Waals surface area contributed by atoms with Gasteiger partial charge in [-0.3, -0.25) is 9.59 Å². The second kappa shape index (κ2) is 7.67. The molecule has 1 aliphatic heterocycles. The van der Waals surface area contributed by atoms with Gasteiger partial charge in [-0.05, 0) is 36.8 Å². The summed E-state index contributed by atoms with van der Waals surface area (Å²) in [4.78, 5) is 26.0. The number of alkyl halides is 3. The summed E-state index contributed by atoms with van der Waals surface area (Å²) in [6.45, 7) is 1.73. The number of rotatable bonds is 5. The fraction of sp³-hybridized carbons (Fsp3) is 0.333. The van der Waals surface area contributed by atoms with E-state index < -0.39 is 17.1 Å². The fourth-order valence-electron chi connectivity index (χ4n) is 2.74. The zero-order chi connectivity index (χ0) is 19.6. The van der Waals surface area contributed by atoms with E-state index in [0.29, 0.717) is 11.3 Å². The second-order valence-electron chi connectivity index (χ2n) is 6.07. The normalized spacial score (nSPS) is 20.1. The van der Waals surface area contributed by atoms with Crippen molar-refractivity contribution in [3.05, 3.63) is 59.5 Å². The van der Waals surface area contributed by atoms with Gasteiger partial charge in [-0.1, -0.05) is 12.1 Å².